The van der Waals surface area contributed by atoms with Gasteiger partial charge in [0.1, 0.15) is 0 Å². The summed E-state index contributed by atoms with van der Waals surface area (Å²) in [5.74, 6) is 0. The van der Waals surface area contributed by atoms with E-state index in [0.29, 0.717) is 12.6 Å². The van der Waals surface area contributed by atoms with E-state index in [9.17, 15) is 5.11 Å². The number of rotatable bonds is 6. The maximum atomic E-state index is 10.6. The molecule has 1 N–H and O–H groups in total. The maximum Gasteiger partial charge on any atom is 0.0994 e. The molecule has 1 aromatic rings. The fraction of sp³-hybridized carbons (Fsp3) is 0.600. The molecule has 2 heteroatoms. The normalized spacial score (nSPS) is 15.2. The van der Waals surface area contributed by atoms with Gasteiger partial charge in [-0.25, -0.2) is 0 Å². The van der Waals surface area contributed by atoms with E-state index in [1.165, 1.54) is 0 Å². The van der Waals surface area contributed by atoms with Crippen LogP contribution in [0.15, 0.2) is 30.3 Å². The van der Waals surface area contributed by atoms with Crippen molar-refractivity contribution in [2.24, 2.45) is 0 Å². The molecule has 0 spiro atoms. The van der Waals surface area contributed by atoms with E-state index >= 15 is 0 Å². The highest BCUT2D eigenvalue weighted by atomic mass is 16.3. The molecular formula is C15H25NO. The van der Waals surface area contributed by atoms with Crippen molar-refractivity contribution in [1.29, 1.82) is 0 Å². The van der Waals surface area contributed by atoms with Gasteiger partial charge in [-0.05, 0) is 32.4 Å². The molecular weight excluding hydrogens is 210 g/mol. The zero-order chi connectivity index (χ0) is 12.9. The zero-order valence-electron chi connectivity index (χ0n) is 11.5. The van der Waals surface area contributed by atoms with Crippen LogP contribution in [-0.2, 0) is 5.60 Å². The summed E-state index contributed by atoms with van der Waals surface area (Å²) in [6.07, 6.45) is 2.25. The molecule has 0 radical (unpaired) electrons. The van der Waals surface area contributed by atoms with Gasteiger partial charge in [-0.1, -0.05) is 44.2 Å². The molecule has 0 fully saturated rings. The van der Waals surface area contributed by atoms with Gasteiger partial charge in [0, 0.05) is 12.6 Å². The van der Waals surface area contributed by atoms with Gasteiger partial charge in [0.25, 0.3) is 0 Å². The molecule has 1 rings (SSSR count). The van der Waals surface area contributed by atoms with E-state index in [2.05, 4.69) is 25.8 Å². The fourth-order valence-electron chi connectivity index (χ4n) is 2.42. The summed E-state index contributed by atoms with van der Waals surface area (Å²) in [5.41, 5.74) is 0.205. The van der Waals surface area contributed by atoms with Crippen molar-refractivity contribution >= 4 is 0 Å². The summed E-state index contributed by atoms with van der Waals surface area (Å²) >= 11 is 0. The second kappa shape index (κ2) is 6.18. The average molecular weight is 235 g/mol. The van der Waals surface area contributed by atoms with Gasteiger partial charge < -0.3 is 10.0 Å². The van der Waals surface area contributed by atoms with Gasteiger partial charge in [-0.3, -0.25) is 0 Å². The predicted molar refractivity (Wildman–Crippen MR) is 73.0 cm³/mol. The predicted octanol–water partition coefficient (Wildman–Crippen LogP) is 3.01. The Labute approximate surface area is 105 Å². The topological polar surface area (TPSA) is 23.5 Å². The van der Waals surface area contributed by atoms with Crippen LogP contribution in [0.2, 0.25) is 0 Å². The molecule has 96 valence electrons. The Bertz CT molecular complexity index is 317. The number of benzene rings is 1. The van der Waals surface area contributed by atoms with E-state index in [4.69, 9.17) is 0 Å². The van der Waals surface area contributed by atoms with Crippen LogP contribution < -0.4 is 0 Å². The smallest absolute Gasteiger partial charge is 0.0994 e. The Kier molecular flexibility index (Phi) is 5.16. The van der Waals surface area contributed by atoms with Gasteiger partial charge in [-0.2, -0.15) is 0 Å². The highest BCUT2D eigenvalue weighted by molar-refractivity contribution is 5.21. The molecule has 1 unspecified atom stereocenters. The molecule has 0 aliphatic heterocycles. The molecule has 0 saturated heterocycles. The largest absolute Gasteiger partial charge is 0.384 e. The van der Waals surface area contributed by atoms with Gasteiger partial charge in [0.2, 0.25) is 0 Å². The molecule has 0 heterocycles. The molecule has 17 heavy (non-hydrogen) atoms. The first-order chi connectivity index (χ1) is 8.01. The van der Waals surface area contributed by atoms with E-state index in [1.54, 1.807) is 0 Å². The van der Waals surface area contributed by atoms with Gasteiger partial charge in [0.15, 0.2) is 0 Å². The lowest BCUT2D eigenvalue weighted by atomic mass is 9.94. The minimum absolute atomic E-state index is 0.546. The van der Waals surface area contributed by atoms with E-state index in [0.717, 1.165) is 18.4 Å². The minimum Gasteiger partial charge on any atom is -0.384 e. The summed E-state index contributed by atoms with van der Waals surface area (Å²) in [6, 6.07) is 10.4. The second-order valence-electron chi connectivity index (χ2n) is 5.03. The van der Waals surface area contributed by atoms with Gasteiger partial charge >= 0.3 is 0 Å². The summed E-state index contributed by atoms with van der Waals surface area (Å²) in [6.45, 7) is 6.95. The number of hydrogen-bond acceptors (Lipinski definition) is 2. The Hall–Kier alpha value is -0.860. The van der Waals surface area contributed by atoms with Gasteiger partial charge in [0.05, 0.1) is 5.60 Å². The van der Waals surface area contributed by atoms with Gasteiger partial charge in [-0.15, -0.1) is 0 Å². The van der Waals surface area contributed by atoms with Crippen LogP contribution in [0.5, 0.6) is 0 Å². The van der Waals surface area contributed by atoms with Crippen molar-refractivity contribution < 1.29 is 5.11 Å². The molecule has 0 aliphatic rings. The molecule has 0 aromatic heterocycles. The van der Waals surface area contributed by atoms with Crippen molar-refractivity contribution in [2.45, 2.75) is 45.3 Å². The summed E-state index contributed by atoms with van der Waals surface area (Å²) in [7, 11) is 2.09. The van der Waals surface area contributed by atoms with Crippen LogP contribution in [0.1, 0.15) is 39.2 Å². The Balaban J connectivity index is 2.73. The van der Waals surface area contributed by atoms with Crippen molar-refractivity contribution in [3.63, 3.8) is 0 Å². The maximum absolute atomic E-state index is 10.6. The second-order valence-corrected chi connectivity index (χ2v) is 5.03. The molecule has 1 aromatic carbocycles. The molecule has 0 saturated carbocycles. The number of nitrogens with zero attached hydrogens (tertiary/aromatic N) is 1. The number of hydrogen-bond donors (Lipinski definition) is 1. The van der Waals surface area contributed by atoms with Crippen molar-refractivity contribution in [1.82, 2.24) is 4.90 Å². The van der Waals surface area contributed by atoms with Crippen LogP contribution in [0, 0.1) is 0 Å². The summed E-state index contributed by atoms with van der Waals surface area (Å²) in [5, 5.41) is 10.6. The minimum atomic E-state index is -0.779. The Morgan fingerprint density at radius 1 is 1.18 bits per heavy atom. The van der Waals surface area contributed by atoms with E-state index < -0.39 is 5.60 Å². The SMILES string of the molecule is CCC(CC)N(C)CC(C)(O)c1ccccc1. The van der Waals surface area contributed by atoms with Crippen molar-refractivity contribution in [3.05, 3.63) is 35.9 Å². The summed E-state index contributed by atoms with van der Waals surface area (Å²) < 4.78 is 0. The highest BCUT2D eigenvalue weighted by Crippen LogP contribution is 2.22. The quantitative estimate of drug-likeness (QED) is 0.819. The zero-order valence-corrected chi connectivity index (χ0v) is 11.5. The van der Waals surface area contributed by atoms with Crippen LogP contribution in [0.3, 0.4) is 0 Å². The lowest BCUT2D eigenvalue weighted by Gasteiger charge is -2.34. The lowest BCUT2D eigenvalue weighted by molar-refractivity contribution is 0.0103. The third-order valence-corrected chi connectivity index (χ3v) is 3.52. The third kappa shape index (κ3) is 3.83. The third-order valence-electron chi connectivity index (χ3n) is 3.52. The Morgan fingerprint density at radius 2 is 1.71 bits per heavy atom. The number of aliphatic hydroxyl groups is 1. The van der Waals surface area contributed by atoms with E-state index in [1.807, 2.05) is 37.3 Å². The molecule has 2 nitrogen and oxygen atoms in total. The van der Waals surface area contributed by atoms with Crippen LogP contribution in [0.4, 0.5) is 0 Å². The lowest BCUT2D eigenvalue weighted by Crippen LogP contribution is -2.41. The van der Waals surface area contributed by atoms with Crippen LogP contribution in [-0.4, -0.2) is 29.6 Å². The van der Waals surface area contributed by atoms with E-state index in [-0.39, 0.29) is 0 Å². The molecule has 0 amide bonds. The van der Waals surface area contributed by atoms with Crippen molar-refractivity contribution in [2.75, 3.05) is 13.6 Å². The monoisotopic (exact) mass is 235 g/mol. The fourth-order valence-corrected chi connectivity index (χ4v) is 2.42. The van der Waals surface area contributed by atoms with Crippen molar-refractivity contribution in [3.8, 4) is 0 Å². The average Bonchev–Trinajstić information content (AvgIpc) is 2.31. The standard InChI is InChI=1S/C15H25NO/c1-5-14(6-2)16(4)12-15(3,17)13-10-8-7-9-11-13/h7-11,14,17H,5-6,12H2,1-4H3. The Morgan fingerprint density at radius 3 is 2.18 bits per heavy atom. The molecule has 1 atom stereocenters. The number of likely N-dealkylation sites (N-methyl/N-ethyl adjacent to an activating group) is 1. The first kappa shape index (κ1) is 14.2. The summed E-state index contributed by atoms with van der Waals surface area (Å²) in [4.78, 5) is 2.26. The van der Waals surface area contributed by atoms with Crippen LogP contribution >= 0.6 is 0 Å². The molecule has 0 aliphatic carbocycles. The first-order valence-corrected chi connectivity index (χ1v) is 6.49. The van der Waals surface area contributed by atoms with Crippen LogP contribution in [0.25, 0.3) is 0 Å². The highest BCUT2D eigenvalue weighted by Gasteiger charge is 2.26. The first-order valence-electron chi connectivity index (χ1n) is 6.49. The molecule has 0 bridgehead atoms.